The van der Waals surface area contributed by atoms with E-state index in [1.54, 1.807) is 6.92 Å². The molecule has 1 amide bonds. The fraction of sp³-hybridized carbons (Fsp3) is 0.667. The molecule has 2 atom stereocenters. The van der Waals surface area contributed by atoms with E-state index >= 15 is 0 Å². The molecule has 1 aliphatic rings. The number of aliphatic hydroxyl groups is 2. The van der Waals surface area contributed by atoms with Gasteiger partial charge < -0.3 is 25.4 Å². The normalized spacial score (nSPS) is 33.6. The molecule has 1 rings (SSSR count). The summed E-state index contributed by atoms with van der Waals surface area (Å²) in [4.78, 5) is 33.8. The van der Waals surface area contributed by atoms with Gasteiger partial charge in [0.15, 0.2) is 12.2 Å². The number of nitrogens with two attached hydrogens (primary N) is 1. The molecule has 0 aliphatic carbocycles. The molecule has 0 saturated carbocycles. The van der Waals surface area contributed by atoms with Crippen LogP contribution in [-0.4, -0.2) is 46.1 Å². The Morgan fingerprint density at radius 3 is 2.00 bits per heavy atom. The molecule has 17 heavy (non-hydrogen) atoms. The molecular formula is C9H13NO7. The lowest BCUT2D eigenvalue weighted by Gasteiger charge is -2.27. The van der Waals surface area contributed by atoms with Crippen molar-refractivity contribution in [3.63, 3.8) is 0 Å². The largest absolute Gasteiger partial charge is 0.411 e. The van der Waals surface area contributed by atoms with Gasteiger partial charge in [-0.05, 0) is 6.42 Å². The molecule has 0 spiro atoms. The van der Waals surface area contributed by atoms with Crippen molar-refractivity contribution in [2.75, 3.05) is 0 Å². The van der Waals surface area contributed by atoms with E-state index in [4.69, 9.17) is 5.73 Å². The number of aliphatic hydroxyl groups excluding tert-OH is 2. The SMILES string of the molecule is CCCC1(C(N)=O)OC(=O)C(O)C(O)C(=O)O1. The molecule has 4 N–H and O–H groups in total. The van der Waals surface area contributed by atoms with E-state index in [1.165, 1.54) is 0 Å². The Morgan fingerprint density at radius 1 is 1.29 bits per heavy atom. The highest BCUT2D eigenvalue weighted by molar-refractivity contribution is 5.93. The monoisotopic (exact) mass is 247 g/mol. The first-order chi connectivity index (χ1) is 7.84. The minimum Gasteiger partial charge on any atom is -0.411 e. The summed E-state index contributed by atoms with van der Waals surface area (Å²) in [7, 11) is 0. The van der Waals surface area contributed by atoms with Gasteiger partial charge in [-0.3, -0.25) is 4.79 Å². The van der Waals surface area contributed by atoms with Crippen LogP contribution in [0.4, 0.5) is 0 Å². The summed E-state index contributed by atoms with van der Waals surface area (Å²) in [6.07, 6.45) is -4.02. The molecule has 96 valence electrons. The summed E-state index contributed by atoms with van der Waals surface area (Å²) in [6.45, 7) is 1.64. The number of carbonyl (C=O) groups excluding carboxylic acids is 3. The molecule has 0 aromatic carbocycles. The van der Waals surface area contributed by atoms with Crippen LogP contribution in [0.5, 0.6) is 0 Å². The first kappa shape index (κ1) is 13.4. The van der Waals surface area contributed by atoms with Crippen LogP contribution in [0, 0.1) is 0 Å². The highest BCUT2D eigenvalue weighted by Crippen LogP contribution is 2.25. The third-order valence-corrected chi connectivity index (χ3v) is 2.27. The van der Waals surface area contributed by atoms with Crippen molar-refractivity contribution in [1.29, 1.82) is 0 Å². The topological polar surface area (TPSA) is 136 Å². The minimum absolute atomic E-state index is 0.154. The van der Waals surface area contributed by atoms with E-state index in [0.29, 0.717) is 6.42 Å². The second-order valence-electron chi connectivity index (χ2n) is 3.60. The Labute approximate surface area is 96.3 Å². The third-order valence-electron chi connectivity index (χ3n) is 2.27. The molecule has 1 aliphatic heterocycles. The van der Waals surface area contributed by atoms with Gasteiger partial charge in [0.25, 0.3) is 0 Å². The smallest absolute Gasteiger partial charge is 0.342 e. The Balaban J connectivity index is 3.12. The van der Waals surface area contributed by atoms with Crippen LogP contribution in [-0.2, 0) is 23.9 Å². The predicted molar refractivity (Wildman–Crippen MR) is 51.0 cm³/mol. The van der Waals surface area contributed by atoms with Gasteiger partial charge in [0.1, 0.15) is 0 Å². The Morgan fingerprint density at radius 2 is 1.71 bits per heavy atom. The first-order valence-corrected chi connectivity index (χ1v) is 4.96. The van der Waals surface area contributed by atoms with Gasteiger partial charge >= 0.3 is 23.6 Å². The van der Waals surface area contributed by atoms with Crippen LogP contribution in [0.3, 0.4) is 0 Å². The van der Waals surface area contributed by atoms with Crippen LogP contribution < -0.4 is 5.73 Å². The van der Waals surface area contributed by atoms with Crippen molar-refractivity contribution in [2.45, 2.75) is 37.8 Å². The molecular weight excluding hydrogens is 234 g/mol. The van der Waals surface area contributed by atoms with Gasteiger partial charge in [0, 0.05) is 6.42 Å². The van der Waals surface area contributed by atoms with Gasteiger partial charge in [-0.25, -0.2) is 9.59 Å². The van der Waals surface area contributed by atoms with Crippen molar-refractivity contribution in [2.24, 2.45) is 5.73 Å². The van der Waals surface area contributed by atoms with Crippen LogP contribution >= 0.6 is 0 Å². The van der Waals surface area contributed by atoms with Gasteiger partial charge in [0.05, 0.1) is 0 Å². The van der Waals surface area contributed by atoms with Crippen LogP contribution in [0.15, 0.2) is 0 Å². The van der Waals surface area contributed by atoms with Crippen molar-refractivity contribution in [1.82, 2.24) is 0 Å². The van der Waals surface area contributed by atoms with Crippen LogP contribution in [0.25, 0.3) is 0 Å². The highest BCUT2D eigenvalue weighted by Gasteiger charge is 2.51. The molecule has 0 radical (unpaired) electrons. The number of rotatable bonds is 3. The predicted octanol–water partition coefficient (Wildman–Crippen LogP) is -2.21. The zero-order valence-corrected chi connectivity index (χ0v) is 9.08. The summed E-state index contributed by atoms with van der Waals surface area (Å²) in [5, 5.41) is 18.4. The van der Waals surface area contributed by atoms with E-state index in [0.717, 1.165) is 0 Å². The van der Waals surface area contributed by atoms with Crippen molar-refractivity contribution in [3.05, 3.63) is 0 Å². The van der Waals surface area contributed by atoms with E-state index < -0.39 is 35.8 Å². The second-order valence-corrected chi connectivity index (χ2v) is 3.60. The van der Waals surface area contributed by atoms with E-state index in [9.17, 15) is 24.6 Å². The molecule has 8 nitrogen and oxygen atoms in total. The molecule has 1 saturated heterocycles. The van der Waals surface area contributed by atoms with Gasteiger partial charge in [-0.2, -0.15) is 0 Å². The molecule has 1 heterocycles. The quantitative estimate of drug-likeness (QED) is 0.481. The highest BCUT2D eigenvalue weighted by atomic mass is 16.8. The summed E-state index contributed by atoms with van der Waals surface area (Å²) in [5.74, 6) is -6.12. The van der Waals surface area contributed by atoms with Crippen molar-refractivity contribution >= 4 is 17.8 Å². The number of cyclic esters (lactones) is 2. The lowest BCUT2D eigenvalue weighted by molar-refractivity contribution is -0.224. The zero-order chi connectivity index (χ0) is 13.2. The van der Waals surface area contributed by atoms with E-state index in [1.807, 2.05) is 0 Å². The van der Waals surface area contributed by atoms with E-state index in [-0.39, 0.29) is 6.42 Å². The summed E-state index contributed by atoms with van der Waals surface area (Å²) < 4.78 is 9.17. The van der Waals surface area contributed by atoms with Gasteiger partial charge in [0.2, 0.25) is 0 Å². The van der Waals surface area contributed by atoms with Crippen molar-refractivity contribution < 1.29 is 34.1 Å². The number of hydrogen-bond acceptors (Lipinski definition) is 7. The molecule has 0 bridgehead atoms. The van der Waals surface area contributed by atoms with Gasteiger partial charge in [-0.1, -0.05) is 6.92 Å². The Bertz CT molecular complexity index is 331. The average Bonchev–Trinajstić information content (AvgIpc) is 2.32. The minimum atomic E-state index is -2.26. The fourth-order valence-corrected chi connectivity index (χ4v) is 1.38. The second kappa shape index (κ2) is 4.68. The maximum absolute atomic E-state index is 11.3. The number of ether oxygens (including phenoxy) is 2. The van der Waals surface area contributed by atoms with Crippen LogP contribution in [0.2, 0.25) is 0 Å². The first-order valence-electron chi connectivity index (χ1n) is 4.96. The lowest BCUT2D eigenvalue weighted by atomic mass is 10.1. The third kappa shape index (κ3) is 2.37. The number of amides is 1. The number of hydrogen-bond donors (Lipinski definition) is 3. The maximum atomic E-state index is 11.3. The number of esters is 2. The maximum Gasteiger partial charge on any atom is 0.342 e. The summed E-state index contributed by atoms with van der Waals surface area (Å²) in [6, 6.07) is 0. The van der Waals surface area contributed by atoms with Crippen molar-refractivity contribution in [3.8, 4) is 0 Å². The summed E-state index contributed by atoms with van der Waals surface area (Å²) in [5.41, 5.74) is 5.02. The fourth-order valence-electron chi connectivity index (χ4n) is 1.38. The Hall–Kier alpha value is -1.67. The number of carbonyl (C=O) groups is 3. The number of primary amides is 1. The molecule has 1 fully saturated rings. The van der Waals surface area contributed by atoms with E-state index in [2.05, 4.69) is 9.47 Å². The lowest BCUT2D eigenvalue weighted by Crippen LogP contribution is -2.50. The molecule has 0 aromatic heterocycles. The average molecular weight is 247 g/mol. The van der Waals surface area contributed by atoms with Crippen LogP contribution in [0.1, 0.15) is 19.8 Å². The standard InChI is InChI=1S/C9H13NO7/c1-2-3-9(8(10)15)16-6(13)4(11)5(12)7(14)17-9/h4-5,11-12H,2-3H2,1H3,(H2,10,15). The Kier molecular flexibility index (Phi) is 3.69. The summed E-state index contributed by atoms with van der Waals surface area (Å²) >= 11 is 0. The molecule has 8 heteroatoms. The van der Waals surface area contributed by atoms with Gasteiger partial charge in [-0.15, -0.1) is 0 Å². The molecule has 0 aromatic rings. The zero-order valence-electron chi connectivity index (χ0n) is 9.08. The molecule has 2 unspecified atom stereocenters.